The molecule has 2 aromatic rings. The smallest absolute Gasteiger partial charge is 0.222 e. The second kappa shape index (κ2) is 4.47. The summed E-state index contributed by atoms with van der Waals surface area (Å²) < 4.78 is 0. The first-order valence-corrected chi connectivity index (χ1v) is 7.15. The van der Waals surface area contributed by atoms with Gasteiger partial charge in [0, 0.05) is 32.3 Å². The zero-order valence-electron chi connectivity index (χ0n) is 11.2. The van der Waals surface area contributed by atoms with Crippen LogP contribution in [0.3, 0.4) is 0 Å². The maximum atomic E-state index is 11.9. The van der Waals surface area contributed by atoms with Crippen LogP contribution in [0.4, 0.5) is 5.82 Å². The first-order valence-electron chi connectivity index (χ1n) is 7.15. The van der Waals surface area contributed by atoms with Crippen molar-refractivity contribution >= 4 is 22.8 Å². The Morgan fingerprint density at radius 1 is 1.30 bits per heavy atom. The first-order chi connectivity index (χ1) is 9.83. The van der Waals surface area contributed by atoms with Gasteiger partial charge in [-0.3, -0.25) is 4.79 Å². The summed E-state index contributed by atoms with van der Waals surface area (Å²) >= 11 is 0. The highest BCUT2D eigenvalue weighted by atomic mass is 16.2. The summed E-state index contributed by atoms with van der Waals surface area (Å²) in [6, 6.07) is 2.35. The summed E-state index contributed by atoms with van der Waals surface area (Å²) in [5.74, 6) is 1.29. The third-order valence-corrected chi connectivity index (χ3v) is 4.35. The third-order valence-electron chi connectivity index (χ3n) is 4.35. The van der Waals surface area contributed by atoms with Crippen LogP contribution in [-0.4, -0.2) is 51.4 Å². The number of fused-ring (bicyclic) bond motifs is 1. The molecule has 0 saturated carbocycles. The van der Waals surface area contributed by atoms with Crippen LogP contribution in [0.5, 0.6) is 0 Å². The van der Waals surface area contributed by atoms with Crippen LogP contribution in [-0.2, 0) is 4.79 Å². The van der Waals surface area contributed by atoms with E-state index in [2.05, 4.69) is 24.8 Å². The molecular weight excluding hydrogens is 254 g/mol. The lowest BCUT2D eigenvalue weighted by atomic mass is 10.2. The van der Waals surface area contributed by atoms with Crippen molar-refractivity contribution in [2.24, 2.45) is 0 Å². The van der Waals surface area contributed by atoms with Crippen LogP contribution >= 0.6 is 0 Å². The summed E-state index contributed by atoms with van der Waals surface area (Å²) in [6.07, 6.45) is 6.24. The minimum atomic E-state index is 0.311. The van der Waals surface area contributed by atoms with Crippen molar-refractivity contribution in [1.29, 1.82) is 0 Å². The number of nitrogens with zero attached hydrogens (tertiary/aromatic N) is 4. The number of likely N-dealkylation sites (tertiary alicyclic amines) is 1. The van der Waals surface area contributed by atoms with Gasteiger partial charge in [0.15, 0.2) is 0 Å². The van der Waals surface area contributed by atoms with E-state index in [0.29, 0.717) is 18.4 Å². The molecule has 2 saturated heterocycles. The molecule has 2 fully saturated rings. The number of carbonyl (C=O) groups excluding carboxylic acids is 1. The Morgan fingerprint density at radius 2 is 2.25 bits per heavy atom. The predicted octanol–water partition coefficient (Wildman–Crippen LogP) is 1.16. The van der Waals surface area contributed by atoms with E-state index >= 15 is 0 Å². The van der Waals surface area contributed by atoms with Crippen molar-refractivity contribution in [2.75, 3.05) is 24.5 Å². The van der Waals surface area contributed by atoms with Crippen LogP contribution in [0.2, 0.25) is 0 Å². The van der Waals surface area contributed by atoms with Gasteiger partial charge in [-0.2, -0.15) is 0 Å². The number of anilines is 1. The highest BCUT2D eigenvalue weighted by Gasteiger charge is 2.33. The van der Waals surface area contributed by atoms with Crippen molar-refractivity contribution in [3.8, 4) is 0 Å². The van der Waals surface area contributed by atoms with Gasteiger partial charge in [0.1, 0.15) is 17.8 Å². The molecule has 1 unspecified atom stereocenters. The van der Waals surface area contributed by atoms with E-state index in [1.54, 1.807) is 6.33 Å². The van der Waals surface area contributed by atoms with Gasteiger partial charge in [-0.1, -0.05) is 0 Å². The van der Waals surface area contributed by atoms with E-state index in [-0.39, 0.29) is 0 Å². The van der Waals surface area contributed by atoms with Gasteiger partial charge < -0.3 is 14.8 Å². The molecule has 6 heteroatoms. The second-order valence-electron chi connectivity index (χ2n) is 5.52. The standard InChI is InChI=1S/C14H17N5O/c20-12-2-1-6-19(12)10-4-7-18(8-10)14-11-3-5-15-13(11)16-9-17-14/h3,5,9-10H,1-2,4,6-8H2,(H,15,16,17). The molecule has 20 heavy (non-hydrogen) atoms. The summed E-state index contributed by atoms with van der Waals surface area (Å²) in [4.78, 5) is 27.9. The van der Waals surface area contributed by atoms with E-state index in [9.17, 15) is 4.79 Å². The van der Waals surface area contributed by atoms with E-state index in [1.165, 1.54) is 0 Å². The number of carbonyl (C=O) groups is 1. The van der Waals surface area contributed by atoms with Crippen molar-refractivity contribution < 1.29 is 4.79 Å². The highest BCUT2D eigenvalue weighted by Crippen LogP contribution is 2.28. The Morgan fingerprint density at radius 3 is 3.10 bits per heavy atom. The van der Waals surface area contributed by atoms with Crippen LogP contribution < -0.4 is 4.90 Å². The molecule has 2 aromatic heterocycles. The van der Waals surface area contributed by atoms with Gasteiger partial charge in [-0.05, 0) is 18.9 Å². The molecule has 104 valence electrons. The molecule has 2 aliphatic rings. The predicted molar refractivity (Wildman–Crippen MR) is 75.5 cm³/mol. The summed E-state index contributed by atoms with van der Waals surface area (Å²) in [7, 11) is 0. The van der Waals surface area contributed by atoms with Gasteiger partial charge in [0.05, 0.1) is 11.4 Å². The molecule has 0 aromatic carbocycles. The molecule has 4 rings (SSSR count). The monoisotopic (exact) mass is 271 g/mol. The maximum Gasteiger partial charge on any atom is 0.222 e. The number of H-pyrrole nitrogens is 1. The Bertz CT molecular complexity index is 652. The molecule has 1 N–H and O–H groups in total. The first kappa shape index (κ1) is 11.7. The SMILES string of the molecule is O=C1CCCN1C1CCN(c2ncnc3[nH]ccc23)C1. The van der Waals surface area contributed by atoms with Crippen molar-refractivity contribution in [2.45, 2.75) is 25.3 Å². The Hall–Kier alpha value is -2.11. The van der Waals surface area contributed by atoms with Crippen molar-refractivity contribution in [3.05, 3.63) is 18.6 Å². The quantitative estimate of drug-likeness (QED) is 0.890. The molecule has 1 atom stereocenters. The third kappa shape index (κ3) is 1.75. The molecule has 0 spiro atoms. The van der Waals surface area contributed by atoms with Gasteiger partial charge in [-0.15, -0.1) is 0 Å². The molecule has 0 aliphatic carbocycles. The molecule has 4 heterocycles. The van der Waals surface area contributed by atoms with Crippen LogP contribution in [0.25, 0.3) is 11.0 Å². The normalized spacial score (nSPS) is 23.2. The highest BCUT2D eigenvalue weighted by molar-refractivity contribution is 5.87. The number of hydrogen-bond donors (Lipinski definition) is 1. The number of nitrogens with one attached hydrogen (secondary N) is 1. The van der Waals surface area contributed by atoms with Gasteiger partial charge in [-0.25, -0.2) is 9.97 Å². The van der Waals surface area contributed by atoms with E-state index < -0.39 is 0 Å². The van der Waals surface area contributed by atoms with Gasteiger partial charge in [0.2, 0.25) is 5.91 Å². The van der Waals surface area contributed by atoms with Gasteiger partial charge >= 0.3 is 0 Å². The van der Waals surface area contributed by atoms with Crippen LogP contribution in [0.15, 0.2) is 18.6 Å². The number of hydrogen-bond acceptors (Lipinski definition) is 4. The zero-order valence-corrected chi connectivity index (χ0v) is 11.2. The Balaban J connectivity index is 1.59. The molecule has 0 radical (unpaired) electrons. The lowest BCUT2D eigenvalue weighted by Gasteiger charge is -2.24. The number of rotatable bonds is 2. The van der Waals surface area contributed by atoms with E-state index in [1.807, 2.05) is 12.3 Å². The molecule has 1 amide bonds. The van der Waals surface area contributed by atoms with Gasteiger partial charge in [0.25, 0.3) is 0 Å². The number of aromatic amines is 1. The average Bonchev–Trinajstić information content (AvgIpc) is 3.17. The molecule has 2 aliphatic heterocycles. The Labute approximate surface area is 116 Å². The number of amides is 1. The second-order valence-corrected chi connectivity index (χ2v) is 5.52. The molecular formula is C14H17N5O. The van der Waals surface area contributed by atoms with Crippen LogP contribution in [0, 0.1) is 0 Å². The van der Waals surface area contributed by atoms with Crippen molar-refractivity contribution in [3.63, 3.8) is 0 Å². The van der Waals surface area contributed by atoms with E-state index in [0.717, 1.165) is 49.3 Å². The topological polar surface area (TPSA) is 65.1 Å². The molecule has 0 bridgehead atoms. The molecule has 6 nitrogen and oxygen atoms in total. The summed E-state index contributed by atoms with van der Waals surface area (Å²) in [5.41, 5.74) is 0.871. The summed E-state index contributed by atoms with van der Waals surface area (Å²) in [6.45, 7) is 2.75. The van der Waals surface area contributed by atoms with Crippen molar-refractivity contribution in [1.82, 2.24) is 19.9 Å². The largest absolute Gasteiger partial charge is 0.354 e. The lowest BCUT2D eigenvalue weighted by molar-refractivity contribution is -0.129. The zero-order chi connectivity index (χ0) is 13.5. The van der Waals surface area contributed by atoms with E-state index in [4.69, 9.17) is 0 Å². The minimum Gasteiger partial charge on any atom is -0.354 e. The lowest BCUT2D eigenvalue weighted by Crippen LogP contribution is -2.38. The minimum absolute atomic E-state index is 0.311. The fourth-order valence-corrected chi connectivity index (χ4v) is 3.35. The fraction of sp³-hybridized carbons (Fsp3) is 0.500. The Kier molecular flexibility index (Phi) is 2.61. The van der Waals surface area contributed by atoms with Crippen LogP contribution in [0.1, 0.15) is 19.3 Å². The summed E-state index contributed by atoms with van der Waals surface area (Å²) in [5, 5.41) is 1.06. The average molecular weight is 271 g/mol. The fourth-order valence-electron chi connectivity index (χ4n) is 3.35. The maximum absolute atomic E-state index is 11.9. The number of aromatic nitrogens is 3.